The molecule has 0 aliphatic rings. The van der Waals surface area contributed by atoms with Crippen LogP contribution in [0.5, 0.6) is 5.75 Å². The topological polar surface area (TPSA) is 69.9 Å². The fourth-order valence-corrected chi connectivity index (χ4v) is 4.03. The van der Waals surface area contributed by atoms with Gasteiger partial charge in [-0.05, 0) is 74.4 Å². The van der Waals surface area contributed by atoms with Crippen LogP contribution in [-0.4, -0.2) is 40.2 Å². The lowest BCUT2D eigenvalue weighted by molar-refractivity contribution is 0.0534. The summed E-state index contributed by atoms with van der Waals surface area (Å²) < 4.78 is 5.68. The fourth-order valence-electron chi connectivity index (χ4n) is 4.03. The third-order valence-electron chi connectivity index (χ3n) is 6.07. The minimum absolute atomic E-state index is 0.0716. The van der Waals surface area contributed by atoms with Crippen LogP contribution in [0.2, 0.25) is 0 Å². The van der Waals surface area contributed by atoms with E-state index in [4.69, 9.17) is 9.84 Å². The van der Waals surface area contributed by atoms with Gasteiger partial charge in [-0.1, -0.05) is 56.3 Å². The van der Waals surface area contributed by atoms with Gasteiger partial charge in [0.1, 0.15) is 18.5 Å². The lowest BCUT2D eigenvalue weighted by Gasteiger charge is -2.34. The first-order valence-corrected chi connectivity index (χ1v) is 11.1. The zero-order chi connectivity index (χ0) is 23.2. The molecule has 3 N–H and O–H groups in total. The number of aliphatic hydroxyl groups excluding tert-OH is 2. The molecular formula is C27H38O4. The average Bonchev–Trinajstić information content (AvgIpc) is 2.72. The Balaban J connectivity index is 2.41. The molecule has 0 saturated carbocycles. The third-order valence-corrected chi connectivity index (χ3v) is 6.07. The van der Waals surface area contributed by atoms with E-state index in [9.17, 15) is 10.2 Å². The molecule has 0 spiro atoms. The van der Waals surface area contributed by atoms with Gasteiger partial charge in [-0.15, -0.1) is 0 Å². The first-order valence-electron chi connectivity index (χ1n) is 11.1. The van der Waals surface area contributed by atoms with Crippen molar-refractivity contribution in [1.29, 1.82) is 0 Å². The van der Waals surface area contributed by atoms with Gasteiger partial charge in [0.15, 0.2) is 0 Å². The van der Waals surface area contributed by atoms with Crippen LogP contribution < -0.4 is 4.74 Å². The van der Waals surface area contributed by atoms with E-state index < -0.39 is 11.7 Å². The van der Waals surface area contributed by atoms with E-state index in [1.54, 1.807) is 13.8 Å². The lowest BCUT2D eigenvalue weighted by atomic mass is 9.70. The quantitative estimate of drug-likeness (QED) is 0.504. The SMILES string of the molecule is CCC(CC)(c1ccc(C=CC(C)(C)O)c(C)c1)c1ccc(OCC(O)CO)c(C)c1. The summed E-state index contributed by atoms with van der Waals surface area (Å²) in [7, 11) is 0. The van der Waals surface area contributed by atoms with Crippen molar-refractivity contribution < 1.29 is 20.1 Å². The predicted octanol–water partition coefficient (Wildman–Crippen LogP) is 4.93. The highest BCUT2D eigenvalue weighted by Gasteiger charge is 2.31. The molecule has 0 radical (unpaired) electrons. The van der Waals surface area contributed by atoms with Crippen molar-refractivity contribution in [3.63, 3.8) is 0 Å². The first-order chi connectivity index (χ1) is 14.6. The lowest BCUT2D eigenvalue weighted by Crippen LogP contribution is -2.26. The van der Waals surface area contributed by atoms with E-state index in [0.29, 0.717) is 0 Å². The maximum Gasteiger partial charge on any atom is 0.122 e. The summed E-state index contributed by atoms with van der Waals surface area (Å²) in [4.78, 5) is 0. The summed E-state index contributed by atoms with van der Waals surface area (Å²) in [5, 5.41) is 28.5. The van der Waals surface area contributed by atoms with Crippen molar-refractivity contribution in [3.8, 4) is 5.75 Å². The molecule has 170 valence electrons. The third kappa shape index (κ3) is 6.19. The van der Waals surface area contributed by atoms with Crippen molar-refractivity contribution >= 4 is 6.08 Å². The minimum Gasteiger partial charge on any atom is -0.491 e. The summed E-state index contributed by atoms with van der Waals surface area (Å²) >= 11 is 0. The number of hydrogen-bond acceptors (Lipinski definition) is 4. The molecule has 0 fully saturated rings. The predicted molar refractivity (Wildman–Crippen MR) is 128 cm³/mol. The van der Waals surface area contributed by atoms with Gasteiger partial charge in [0.2, 0.25) is 0 Å². The van der Waals surface area contributed by atoms with E-state index in [2.05, 4.69) is 51.1 Å². The Bertz CT molecular complexity index is 889. The van der Waals surface area contributed by atoms with Crippen molar-refractivity contribution in [2.75, 3.05) is 13.2 Å². The van der Waals surface area contributed by atoms with E-state index in [0.717, 1.165) is 29.7 Å². The van der Waals surface area contributed by atoms with Gasteiger partial charge in [0.25, 0.3) is 0 Å². The summed E-state index contributed by atoms with van der Waals surface area (Å²) in [6, 6.07) is 12.8. The number of aliphatic hydroxyl groups is 3. The maximum absolute atomic E-state index is 9.99. The number of ether oxygens (including phenoxy) is 1. The number of hydrogen-bond donors (Lipinski definition) is 3. The highest BCUT2D eigenvalue weighted by molar-refractivity contribution is 5.57. The number of benzene rings is 2. The van der Waals surface area contributed by atoms with Crippen LogP contribution in [-0.2, 0) is 5.41 Å². The van der Waals surface area contributed by atoms with Crippen LogP contribution in [0.1, 0.15) is 68.4 Å². The smallest absolute Gasteiger partial charge is 0.122 e. The van der Waals surface area contributed by atoms with Crippen LogP contribution in [0.15, 0.2) is 42.5 Å². The van der Waals surface area contributed by atoms with Crippen LogP contribution in [0.25, 0.3) is 6.08 Å². The van der Waals surface area contributed by atoms with Gasteiger partial charge in [0.05, 0.1) is 12.2 Å². The van der Waals surface area contributed by atoms with E-state index in [1.807, 2.05) is 25.1 Å². The molecule has 0 bridgehead atoms. The van der Waals surface area contributed by atoms with E-state index >= 15 is 0 Å². The van der Waals surface area contributed by atoms with Gasteiger partial charge in [-0.25, -0.2) is 0 Å². The van der Waals surface area contributed by atoms with Gasteiger partial charge in [0, 0.05) is 5.41 Å². The summed E-state index contributed by atoms with van der Waals surface area (Å²) in [5.41, 5.74) is 4.86. The Morgan fingerprint density at radius 2 is 1.55 bits per heavy atom. The molecule has 2 aromatic carbocycles. The Kier molecular flexibility index (Phi) is 8.47. The fraction of sp³-hybridized carbons (Fsp3) is 0.481. The minimum atomic E-state index is -0.878. The Morgan fingerprint density at radius 1 is 0.968 bits per heavy atom. The molecule has 4 nitrogen and oxygen atoms in total. The second-order valence-electron chi connectivity index (χ2n) is 8.98. The highest BCUT2D eigenvalue weighted by Crippen LogP contribution is 2.41. The maximum atomic E-state index is 9.99. The van der Waals surface area contributed by atoms with E-state index in [1.165, 1.54) is 16.7 Å². The van der Waals surface area contributed by atoms with Crippen LogP contribution >= 0.6 is 0 Å². The van der Waals surface area contributed by atoms with Crippen molar-refractivity contribution in [2.24, 2.45) is 0 Å². The summed E-state index contributed by atoms with van der Waals surface area (Å²) in [6.07, 6.45) is 4.85. The number of rotatable bonds is 10. The molecule has 1 atom stereocenters. The highest BCUT2D eigenvalue weighted by atomic mass is 16.5. The first kappa shape index (κ1) is 25.1. The Labute approximate surface area is 187 Å². The Morgan fingerprint density at radius 3 is 2.03 bits per heavy atom. The number of aryl methyl sites for hydroxylation is 2. The molecule has 0 aliphatic heterocycles. The standard InChI is InChI=1S/C27H38O4/c1-7-27(8-2,22-10-9-21(19(3)15-22)13-14-26(5,6)30)23-11-12-25(20(4)16-23)31-18-24(29)17-28/h9-16,24,28-30H,7-8,17-18H2,1-6H3. The van der Waals surface area contributed by atoms with Gasteiger partial charge < -0.3 is 20.1 Å². The van der Waals surface area contributed by atoms with Crippen LogP contribution in [0.3, 0.4) is 0 Å². The summed E-state index contributed by atoms with van der Waals surface area (Å²) in [6.45, 7) is 11.9. The Hall–Kier alpha value is -2.14. The van der Waals surface area contributed by atoms with Gasteiger partial charge in [-0.2, -0.15) is 0 Å². The zero-order valence-electron chi connectivity index (χ0n) is 19.8. The van der Waals surface area contributed by atoms with Crippen LogP contribution in [0.4, 0.5) is 0 Å². The van der Waals surface area contributed by atoms with Crippen molar-refractivity contribution in [1.82, 2.24) is 0 Å². The monoisotopic (exact) mass is 426 g/mol. The molecule has 0 amide bonds. The second-order valence-corrected chi connectivity index (χ2v) is 8.98. The largest absolute Gasteiger partial charge is 0.491 e. The molecule has 4 heteroatoms. The van der Waals surface area contributed by atoms with Gasteiger partial charge >= 0.3 is 0 Å². The average molecular weight is 427 g/mol. The van der Waals surface area contributed by atoms with Crippen molar-refractivity contribution in [2.45, 2.75) is 71.5 Å². The molecule has 2 rings (SSSR count). The summed E-state index contributed by atoms with van der Waals surface area (Å²) in [5.74, 6) is 0.723. The molecule has 0 saturated heterocycles. The normalized spacial score (nSPS) is 13.6. The molecular weight excluding hydrogens is 388 g/mol. The molecule has 2 aromatic rings. The molecule has 0 aliphatic carbocycles. The van der Waals surface area contributed by atoms with Crippen LogP contribution in [0, 0.1) is 13.8 Å². The van der Waals surface area contributed by atoms with Gasteiger partial charge in [-0.3, -0.25) is 0 Å². The van der Waals surface area contributed by atoms with Crippen molar-refractivity contribution in [3.05, 3.63) is 70.3 Å². The molecule has 0 heterocycles. The molecule has 31 heavy (non-hydrogen) atoms. The van der Waals surface area contributed by atoms with E-state index in [-0.39, 0.29) is 18.6 Å². The zero-order valence-corrected chi connectivity index (χ0v) is 19.8. The molecule has 1 unspecified atom stereocenters. The molecule has 0 aromatic heterocycles. The second kappa shape index (κ2) is 10.4.